The first-order valence-electron chi connectivity index (χ1n) is 0.940. The fraction of sp³-hybridized carbons (Fsp3) is 0. The lowest BCUT2D eigenvalue weighted by atomic mass is 11.2. The van der Waals surface area contributed by atoms with Gasteiger partial charge in [-0.2, -0.15) is 0 Å². The topological polar surface area (TPSA) is 47.5 Å². The highest BCUT2D eigenvalue weighted by molar-refractivity contribution is 5.81. The third-order valence-corrected chi connectivity index (χ3v) is 0.110. The number of carbonyl (C=O) groups is 1. The van der Waals surface area contributed by atoms with Gasteiger partial charge in [0.1, 0.15) is 0 Å². The Labute approximate surface area is 29.2 Å². The van der Waals surface area contributed by atoms with E-state index in [2.05, 4.69) is 10.6 Å². The predicted molar refractivity (Wildman–Crippen MR) is 16.2 cm³/mol. The van der Waals surface area contributed by atoms with E-state index in [-0.39, 0.29) is 0 Å². The molecule has 0 aromatic rings. The Bertz CT molecular complexity index is 80.1. The zero-order chi connectivity index (χ0) is 4.28. The van der Waals surface area contributed by atoms with Crippen molar-refractivity contribution in [2.75, 3.05) is 0 Å². The van der Waals surface area contributed by atoms with Gasteiger partial charge in [-0.05, 0) is 0 Å². The van der Waals surface area contributed by atoms with Crippen LogP contribution in [0.2, 0.25) is 0 Å². The van der Waals surface area contributed by atoms with Crippen LogP contribution in [0.5, 0.6) is 0 Å². The Morgan fingerprint density at radius 1 is 2.00 bits per heavy atom. The highest BCUT2D eigenvalue weighted by Gasteiger charge is 1.72. The molecule has 0 aliphatic carbocycles. The van der Waals surface area contributed by atoms with Crippen molar-refractivity contribution in [3.8, 4) is 0 Å². The maximum Gasteiger partial charge on any atom is 0.433 e. The van der Waals surface area contributed by atoms with Crippen molar-refractivity contribution >= 4 is 6.03 Å². The van der Waals surface area contributed by atoms with Crippen molar-refractivity contribution in [2.45, 2.75) is 0 Å². The van der Waals surface area contributed by atoms with Gasteiger partial charge >= 0.3 is 6.03 Å². The minimum Gasteiger partial charge on any atom is -0.329 e. The van der Waals surface area contributed by atoms with Crippen LogP contribution in [0, 0.1) is 6.57 Å². The highest BCUT2D eigenvalue weighted by Crippen LogP contribution is 1.55. The second kappa shape index (κ2) is 1.30. The number of primary amides is 1. The molecular formula is C2H2N2O. The average Bonchev–Trinajstić information content (AvgIpc) is 1.38. The number of amides is 2. The lowest BCUT2D eigenvalue weighted by Gasteiger charge is -1.63. The van der Waals surface area contributed by atoms with E-state index < -0.39 is 6.03 Å². The van der Waals surface area contributed by atoms with Gasteiger partial charge in [0.25, 0.3) is 0 Å². The number of hydrogen-bond acceptors (Lipinski definition) is 1. The molecule has 3 nitrogen and oxygen atoms in total. The molecule has 0 bridgehead atoms. The Hall–Kier alpha value is -1.04. The van der Waals surface area contributed by atoms with Crippen molar-refractivity contribution in [1.82, 2.24) is 0 Å². The lowest BCUT2D eigenvalue weighted by molar-refractivity contribution is 0.261. The summed E-state index contributed by atoms with van der Waals surface area (Å²) < 4.78 is 0. The number of rotatable bonds is 0. The summed E-state index contributed by atoms with van der Waals surface area (Å²) in [7, 11) is 0. The van der Waals surface area contributed by atoms with Crippen molar-refractivity contribution in [3.63, 3.8) is 0 Å². The molecule has 0 aliphatic heterocycles. The Morgan fingerprint density at radius 3 is 2.20 bits per heavy atom. The minimum absolute atomic E-state index is 0.954. The fourth-order valence-corrected chi connectivity index (χ4v) is 0. The van der Waals surface area contributed by atoms with Gasteiger partial charge in [0.2, 0.25) is 0 Å². The Morgan fingerprint density at radius 2 is 2.20 bits per heavy atom. The van der Waals surface area contributed by atoms with Gasteiger partial charge in [-0.25, -0.2) is 0 Å². The van der Waals surface area contributed by atoms with Gasteiger partial charge in [-0.15, -0.1) is 0 Å². The number of carbonyl (C=O) groups excluding carboxylic acids is 1. The summed E-state index contributed by atoms with van der Waals surface area (Å²) in [6.45, 7) is 5.81. The summed E-state index contributed by atoms with van der Waals surface area (Å²) in [4.78, 5) is 11.5. The molecule has 2 N–H and O–H groups in total. The summed E-state index contributed by atoms with van der Waals surface area (Å²) in [5.74, 6) is 0. The van der Waals surface area contributed by atoms with Crippen LogP contribution in [0.15, 0.2) is 0 Å². The molecular weight excluding hydrogens is 68.0 g/mol. The molecule has 0 aliphatic rings. The molecule has 0 spiro atoms. The van der Waals surface area contributed by atoms with E-state index in [0.717, 1.165) is 0 Å². The first-order valence-corrected chi connectivity index (χ1v) is 0.940. The second-order valence-corrected chi connectivity index (χ2v) is 0.450. The molecule has 0 saturated carbocycles. The van der Waals surface area contributed by atoms with E-state index in [0.29, 0.717) is 0 Å². The van der Waals surface area contributed by atoms with Gasteiger partial charge in [0.05, 0.1) is 0 Å². The van der Waals surface area contributed by atoms with E-state index >= 15 is 0 Å². The summed E-state index contributed by atoms with van der Waals surface area (Å²) in [6.07, 6.45) is 0. The first kappa shape index (κ1) is 3.96. The van der Waals surface area contributed by atoms with Crippen molar-refractivity contribution < 1.29 is 4.79 Å². The van der Waals surface area contributed by atoms with Crippen LogP contribution >= 0.6 is 0 Å². The van der Waals surface area contributed by atoms with Crippen molar-refractivity contribution in [1.29, 1.82) is 0 Å². The van der Waals surface area contributed by atoms with Gasteiger partial charge in [-0.3, -0.25) is 4.79 Å². The molecule has 0 aromatic carbocycles. The number of nitrogens with two attached hydrogens (primary N) is 1. The first-order chi connectivity index (χ1) is 2.27. The second-order valence-electron chi connectivity index (χ2n) is 0.450. The maximum atomic E-state index is 9.24. The van der Waals surface area contributed by atoms with Crippen LogP contribution in [0.4, 0.5) is 4.79 Å². The molecule has 0 rings (SSSR count). The SMILES string of the molecule is [C-]#[N+]C(N)=O. The van der Waals surface area contributed by atoms with Crippen LogP contribution < -0.4 is 5.73 Å². The summed E-state index contributed by atoms with van der Waals surface area (Å²) >= 11 is 0. The number of nitrogens with zero attached hydrogens (tertiary/aromatic N) is 1. The van der Waals surface area contributed by atoms with Crippen molar-refractivity contribution in [2.24, 2.45) is 5.73 Å². The fourth-order valence-electron chi connectivity index (χ4n) is 0. The van der Waals surface area contributed by atoms with E-state index in [4.69, 9.17) is 6.57 Å². The number of hydrogen-bond donors (Lipinski definition) is 1. The molecule has 5 heavy (non-hydrogen) atoms. The smallest absolute Gasteiger partial charge is 0.329 e. The van der Waals surface area contributed by atoms with Crippen molar-refractivity contribution in [3.05, 3.63) is 11.4 Å². The molecule has 0 atom stereocenters. The molecule has 0 saturated heterocycles. The summed E-state index contributed by atoms with van der Waals surface area (Å²) in [6, 6.07) is -0.954. The standard InChI is InChI=1S/C2H2N2O/c1-4-2(3)5/h(H2,3,5). The maximum absolute atomic E-state index is 9.24. The highest BCUT2D eigenvalue weighted by atomic mass is 16.2. The third-order valence-electron chi connectivity index (χ3n) is 0.110. The van der Waals surface area contributed by atoms with Crippen LogP contribution in [0.1, 0.15) is 0 Å². The van der Waals surface area contributed by atoms with E-state index in [1.807, 2.05) is 0 Å². The monoisotopic (exact) mass is 70.0 g/mol. The Kier molecular flexibility index (Phi) is 1.03. The Balaban J connectivity index is 3.35. The zero-order valence-corrected chi connectivity index (χ0v) is 2.43. The summed E-state index contributed by atoms with van der Waals surface area (Å²) in [5.41, 5.74) is 4.30. The average molecular weight is 70.1 g/mol. The quantitative estimate of drug-likeness (QED) is 0.400. The molecule has 26 valence electrons. The van der Waals surface area contributed by atoms with E-state index in [1.165, 1.54) is 0 Å². The normalized spacial score (nSPS) is 5.40. The molecule has 2 amide bonds. The van der Waals surface area contributed by atoms with Crippen LogP contribution in [-0.2, 0) is 0 Å². The van der Waals surface area contributed by atoms with Crippen LogP contribution in [-0.4, -0.2) is 6.03 Å². The summed E-state index contributed by atoms with van der Waals surface area (Å²) in [5, 5.41) is 0. The van der Waals surface area contributed by atoms with Gasteiger partial charge in [0.15, 0.2) is 0 Å². The molecule has 3 heteroatoms. The van der Waals surface area contributed by atoms with Crippen LogP contribution in [0.25, 0.3) is 4.85 Å². The molecule has 0 unspecified atom stereocenters. The molecule has 0 radical (unpaired) electrons. The lowest BCUT2D eigenvalue weighted by Crippen LogP contribution is -1.99. The number of urea groups is 1. The van der Waals surface area contributed by atoms with Crippen LogP contribution in [0.3, 0.4) is 0 Å². The van der Waals surface area contributed by atoms with Gasteiger partial charge in [-0.1, -0.05) is 6.57 Å². The van der Waals surface area contributed by atoms with E-state index in [9.17, 15) is 4.79 Å². The minimum atomic E-state index is -0.954. The molecule has 0 heterocycles. The predicted octanol–water partition coefficient (Wildman–Crippen LogP) is -0.0156. The van der Waals surface area contributed by atoms with Gasteiger partial charge in [0, 0.05) is 0 Å². The third kappa shape index (κ3) is 2.96. The van der Waals surface area contributed by atoms with Gasteiger partial charge < -0.3 is 10.6 Å². The largest absolute Gasteiger partial charge is 0.433 e. The molecule has 0 aromatic heterocycles. The van der Waals surface area contributed by atoms with E-state index in [1.54, 1.807) is 0 Å². The zero-order valence-electron chi connectivity index (χ0n) is 2.43. The molecule has 0 fully saturated rings.